The van der Waals surface area contributed by atoms with Crippen molar-refractivity contribution in [2.24, 2.45) is 5.92 Å². The van der Waals surface area contributed by atoms with Gasteiger partial charge in [0.1, 0.15) is 25.0 Å². The molecule has 2 amide bonds. The van der Waals surface area contributed by atoms with Crippen molar-refractivity contribution in [2.45, 2.75) is 45.6 Å². The van der Waals surface area contributed by atoms with Crippen molar-refractivity contribution in [3.05, 3.63) is 126 Å². The molecule has 0 saturated carbocycles. The molecule has 0 saturated heterocycles. The van der Waals surface area contributed by atoms with E-state index >= 15 is 0 Å². The van der Waals surface area contributed by atoms with Crippen LogP contribution in [0.3, 0.4) is 0 Å². The summed E-state index contributed by atoms with van der Waals surface area (Å²) < 4.78 is 16.1. The average Bonchev–Trinajstić information content (AvgIpc) is 3.10. The molecule has 0 aliphatic heterocycles. The number of aliphatic hydroxyl groups is 1. The topological polar surface area (TPSA) is 114 Å². The van der Waals surface area contributed by atoms with Crippen LogP contribution in [0, 0.1) is 5.92 Å². The minimum atomic E-state index is -1.57. The lowest BCUT2D eigenvalue weighted by molar-refractivity contribution is -0.155. The summed E-state index contributed by atoms with van der Waals surface area (Å²) >= 11 is 0. The van der Waals surface area contributed by atoms with Crippen molar-refractivity contribution in [1.82, 2.24) is 10.2 Å². The molecule has 0 radical (unpaired) electrons. The van der Waals surface area contributed by atoms with Gasteiger partial charge in [-0.25, -0.2) is 14.4 Å². The number of esters is 2. The van der Waals surface area contributed by atoms with Gasteiger partial charge in [-0.1, -0.05) is 111 Å². The van der Waals surface area contributed by atoms with Crippen LogP contribution < -0.4 is 10.1 Å². The van der Waals surface area contributed by atoms with Crippen molar-refractivity contribution in [3.63, 3.8) is 0 Å². The van der Waals surface area contributed by atoms with E-state index < -0.39 is 30.1 Å². The Balaban J connectivity index is 1.46. The van der Waals surface area contributed by atoms with Crippen LogP contribution in [0.2, 0.25) is 0 Å². The van der Waals surface area contributed by atoms with E-state index in [1.54, 1.807) is 7.11 Å². The van der Waals surface area contributed by atoms with Crippen LogP contribution in [0.4, 0.5) is 4.79 Å². The molecule has 2 atom stereocenters. The third kappa shape index (κ3) is 11.0. The summed E-state index contributed by atoms with van der Waals surface area (Å²) in [6, 6.07) is 32.2. The molecule has 0 heterocycles. The fourth-order valence-electron chi connectivity index (χ4n) is 4.90. The molecule has 4 aromatic rings. The maximum Gasteiger partial charge on any atom is 0.337 e. The maximum atomic E-state index is 13.6. The zero-order valence-corrected chi connectivity index (χ0v) is 27.0. The first-order chi connectivity index (χ1) is 22.7. The van der Waals surface area contributed by atoms with Gasteiger partial charge < -0.3 is 29.5 Å². The molecule has 0 spiro atoms. The minimum Gasteiger partial charge on any atom is -0.497 e. The highest BCUT2D eigenvalue weighted by Gasteiger charge is 2.29. The van der Waals surface area contributed by atoms with Crippen molar-refractivity contribution in [2.75, 3.05) is 20.2 Å². The summed E-state index contributed by atoms with van der Waals surface area (Å²) in [5.41, 5.74) is 4.39. The fourth-order valence-corrected chi connectivity index (χ4v) is 4.90. The number of carbonyl (C=O) groups is 3. The number of ether oxygens (including phenoxy) is 3. The van der Waals surface area contributed by atoms with Gasteiger partial charge in [0.15, 0.2) is 6.10 Å². The fraction of sp³-hybridized carbons (Fsp3) is 0.289. The molecule has 2 N–H and O–H groups in total. The Morgan fingerprint density at radius 2 is 1.19 bits per heavy atom. The lowest BCUT2D eigenvalue weighted by Crippen LogP contribution is -2.52. The van der Waals surface area contributed by atoms with E-state index in [1.807, 2.05) is 123 Å². The molecule has 9 heteroatoms. The van der Waals surface area contributed by atoms with Gasteiger partial charge in [-0.2, -0.15) is 0 Å². The Hall–Kier alpha value is -5.15. The van der Waals surface area contributed by atoms with Crippen LogP contribution in [0.15, 0.2) is 109 Å². The molecule has 0 aliphatic rings. The molecule has 2 unspecified atom stereocenters. The summed E-state index contributed by atoms with van der Waals surface area (Å²) in [6.07, 6.45) is -1.41. The average molecular weight is 639 g/mol. The first kappa shape index (κ1) is 34.7. The predicted molar refractivity (Wildman–Crippen MR) is 179 cm³/mol. The second-order valence-corrected chi connectivity index (χ2v) is 11.6. The van der Waals surface area contributed by atoms with E-state index in [9.17, 15) is 19.5 Å². The zero-order valence-electron chi connectivity index (χ0n) is 27.0. The van der Waals surface area contributed by atoms with Crippen LogP contribution in [-0.2, 0) is 38.7 Å². The number of amides is 2. The van der Waals surface area contributed by atoms with E-state index in [1.165, 1.54) is 4.90 Å². The maximum absolute atomic E-state index is 13.6. The second kappa shape index (κ2) is 17.5. The van der Waals surface area contributed by atoms with Crippen molar-refractivity contribution in [1.29, 1.82) is 0 Å². The van der Waals surface area contributed by atoms with E-state index in [0.29, 0.717) is 0 Å². The minimum absolute atomic E-state index is 0.000303. The molecule has 4 aromatic carbocycles. The number of methoxy groups -OCH3 is 1. The molecule has 47 heavy (non-hydrogen) atoms. The quantitative estimate of drug-likeness (QED) is 0.159. The lowest BCUT2D eigenvalue weighted by atomic mass is 10.0. The molecule has 0 fully saturated rings. The first-order valence-corrected chi connectivity index (χ1v) is 15.6. The van der Waals surface area contributed by atoms with Crippen LogP contribution in [0.5, 0.6) is 5.75 Å². The highest BCUT2D eigenvalue weighted by Crippen LogP contribution is 2.23. The highest BCUT2D eigenvalue weighted by atomic mass is 16.5. The Bertz CT molecular complexity index is 1560. The van der Waals surface area contributed by atoms with Gasteiger partial charge in [-0.05, 0) is 45.9 Å². The van der Waals surface area contributed by atoms with E-state index in [2.05, 4.69) is 5.32 Å². The third-order valence-corrected chi connectivity index (χ3v) is 7.39. The second-order valence-electron chi connectivity index (χ2n) is 11.6. The molecule has 0 aliphatic carbocycles. The van der Waals surface area contributed by atoms with Gasteiger partial charge in [0, 0.05) is 13.0 Å². The number of nitrogens with zero attached hydrogens (tertiary/aromatic N) is 1. The summed E-state index contributed by atoms with van der Waals surface area (Å²) in [4.78, 5) is 41.0. The number of hydrogen-bond acceptors (Lipinski definition) is 7. The number of carbonyl (C=O) groups excluding carboxylic acids is 3. The lowest BCUT2D eigenvalue weighted by Gasteiger charge is -2.28. The number of nitrogens with one attached hydrogen (secondary N) is 1. The van der Waals surface area contributed by atoms with Crippen LogP contribution in [0.25, 0.3) is 11.1 Å². The monoisotopic (exact) mass is 638 g/mol. The van der Waals surface area contributed by atoms with Crippen LogP contribution >= 0.6 is 0 Å². The molecule has 0 aromatic heterocycles. The summed E-state index contributed by atoms with van der Waals surface area (Å²) in [5, 5.41) is 13.5. The summed E-state index contributed by atoms with van der Waals surface area (Å²) in [7, 11) is 1.62. The molecule has 4 rings (SSSR count). The third-order valence-electron chi connectivity index (χ3n) is 7.39. The predicted octanol–water partition coefficient (Wildman–Crippen LogP) is 5.79. The van der Waals surface area contributed by atoms with Gasteiger partial charge in [-0.3, -0.25) is 0 Å². The van der Waals surface area contributed by atoms with E-state index in [-0.39, 0.29) is 38.6 Å². The zero-order chi connectivity index (χ0) is 33.6. The smallest absolute Gasteiger partial charge is 0.337 e. The van der Waals surface area contributed by atoms with Gasteiger partial charge >= 0.3 is 18.0 Å². The Morgan fingerprint density at radius 3 is 1.70 bits per heavy atom. The number of rotatable bonds is 15. The van der Waals surface area contributed by atoms with Crippen LogP contribution in [0.1, 0.15) is 30.5 Å². The largest absolute Gasteiger partial charge is 0.497 e. The number of benzene rings is 4. The highest BCUT2D eigenvalue weighted by molar-refractivity contribution is 5.84. The van der Waals surface area contributed by atoms with Crippen LogP contribution in [-0.4, -0.2) is 60.3 Å². The molecule has 0 bridgehead atoms. The van der Waals surface area contributed by atoms with Crippen molar-refractivity contribution >= 4 is 18.0 Å². The number of aliphatic hydroxyl groups excluding tert-OH is 1. The normalized spacial score (nSPS) is 12.1. The SMILES string of the molecule is COc1ccc(-c2ccc(CC(NC(=O)N(CC(C)C)CC(O)C(=O)OCc3ccccc3)C(=O)OCc3ccccc3)cc2)cc1. The summed E-state index contributed by atoms with van der Waals surface area (Å²) in [5.74, 6) is -0.664. The van der Waals surface area contributed by atoms with Gasteiger partial charge in [0.05, 0.1) is 13.7 Å². The Kier molecular flexibility index (Phi) is 12.9. The number of hydrogen-bond donors (Lipinski definition) is 2. The Labute approximate surface area is 276 Å². The van der Waals surface area contributed by atoms with Crippen molar-refractivity contribution in [3.8, 4) is 16.9 Å². The van der Waals surface area contributed by atoms with Crippen molar-refractivity contribution < 1.29 is 33.7 Å². The standard InChI is InChI=1S/C38H42N2O7/c1-27(2)23-40(24-35(41)37(43)47-26-30-12-8-5-9-13-30)38(44)39-34(36(42)46-25-29-10-6-4-7-11-29)22-28-14-16-31(17-15-28)32-18-20-33(45-3)21-19-32/h4-21,27,34-35,41H,22-26H2,1-3H3,(H,39,44). The van der Waals surface area contributed by atoms with Gasteiger partial charge in [-0.15, -0.1) is 0 Å². The molecule has 246 valence electrons. The van der Waals surface area contributed by atoms with Gasteiger partial charge in [0.2, 0.25) is 0 Å². The molecular weight excluding hydrogens is 596 g/mol. The summed E-state index contributed by atoms with van der Waals surface area (Å²) in [6.45, 7) is 3.80. The first-order valence-electron chi connectivity index (χ1n) is 15.6. The van der Waals surface area contributed by atoms with E-state index in [4.69, 9.17) is 14.2 Å². The number of urea groups is 1. The van der Waals surface area contributed by atoms with E-state index in [0.717, 1.165) is 33.6 Å². The van der Waals surface area contributed by atoms with Gasteiger partial charge in [0.25, 0.3) is 0 Å². The Morgan fingerprint density at radius 1 is 0.681 bits per heavy atom. The molecular formula is C38H42N2O7. The molecule has 9 nitrogen and oxygen atoms in total.